The van der Waals surface area contributed by atoms with Crippen molar-refractivity contribution >= 4 is 17.3 Å². The average Bonchev–Trinajstić information content (AvgIpc) is 2.97. The number of nitrogens with two attached hydrogens (primary N) is 1. The van der Waals surface area contributed by atoms with Crippen LogP contribution in [0.4, 0.5) is 30.5 Å². The van der Waals surface area contributed by atoms with Crippen molar-refractivity contribution in [3.8, 4) is 0 Å². The second kappa shape index (κ2) is 3.72. The minimum absolute atomic E-state index is 0.0823. The molecule has 1 fully saturated rings. The first-order valence-electron chi connectivity index (χ1n) is 5.01. The van der Waals surface area contributed by atoms with Crippen LogP contribution in [0.2, 0.25) is 0 Å². The number of nitrogens with zero attached hydrogens (tertiary/aromatic N) is 2. The molecule has 1 aliphatic carbocycles. The van der Waals surface area contributed by atoms with E-state index in [2.05, 4.69) is 10.3 Å². The van der Waals surface area contributed by atoms with Crippen molar-refractivity contribution < 1.29 is 18.1 Å². The smallest absolute Gasteiger partial charge is 0.384 e. The third-order valence-electron chi connectivity index (χ3n) is 2.74. The Morgan fingerprint density at radius 2 is 2.06 bits per heavy atom. The highest BCUT2D eigenvalue weighted by molar-refractivity contribution is 5.61. The fourth-order valence-corrected chi connectivity index (χ4v) is 1.54. The number of nitrogens with one attached hydrogen (secondary N) is 1. The zero-order valence-electron chi connectivity index (χ0n) is 8.99. The molecule has 98 valence electrons. The van der Waals surface area contributed by atoms with Crippen molar-refractivity contribution in [2.75, 3.05) is 11.1 Å². The summed E-state index contributed by atoms with van der Waals surface area (Å²) in [5.74, 6) is -0.532. The molecule has 0 radical (unpaired) electrons. The molecule has 0 aliphatic heterocycles. The van der Waals surface area contributed by atoms with E-state index in [-0.39, 0.29) is 18.7 Å². The predicted octanol–water partition coefficient (Wildman–Crippen LogP) is 2.08. The Hall–Kier alpha value is -2.06. The summed E-state index contributed by atoms with van der Waals surface area (Å²) in [5.41, 5.74) is 2.68. The topological polar surface area (TPSA) is 94.1 Å². The molecule has 1 heterocycles. The summed E-state index contributed by atoms with van der Waals surface area (Å²) in [6.45, 7) is 0. The quantitative estimate of drug-likeness (QED) is 0.642. The molecule has 18 heavy (non-hydrogen) atoms. The minimum Gasteiger partial charge on any atom is -0.384 e. The molecule has 2 rings (SSSR count). The zero-order valence-corrected chi connectivity index (χ0v) is 8.99. The van der Waals surface area contributed by atoms with Crippen LogP contribution in [0.3, 0.4) is 0 Å². The Balaban J connectivity index is 2.35. The number of nitro groups is 1. The van der Waals surface area contributed by atoms with Crippen LogP contribution < -0.4 is 11.1 Å². The van der Waals surface area contributed by atoms with Gasteiger partial charge in [0.1, 0.15) is 11.4 Å². The lowest BCUT2D eigenvalue weighted by Crippen LogP contribution is -2.39. The van der Waals surface area contributed by atoms with E-state index in [0.29, 0.717) is 0 Å². The van der Waals surface area contributed by atoms with Gasteiger partial charge in [-0.05, 0) is 18.9 Å². The lowest BCUT2D eigenvalue weighted by Gasteiger charge is -2.21. The fourth-order valence-electron chi connectivity index (χ4n) is 1.54. The standard InChI is InChI=1S/C9H9F3N4O2/c10-9(11,12)8(3-4-8)15-7-5(16(17)18)1-2-6(13)14-7/h1-2H,3-4H2,(H3,13,14,15). The largest absolute Gasteiger partial charge is 0.411 e. The third-order valence-corrected chi connectivity index (χ3v) is 2.74. The summed E-state index contributed by atoms with van der Waals surface area (Å²) in [7, 11) is 0. The first-order chi connectivity index (χ1) is 8.25. The lowest BCUT2D eigenvalue weighted by molar-refractivity contribution is -0.384. The van der Waals surface area contributed by atoms with Crippen LogP contribution in [0.5, 0.6) is 0 Å². The van der Waals surface area contributed by atoms with E-state index >= 15 is 0 Å². The molecular weight excluding hydrogens is 253 g/mol. The first-order valence-corrected chi connectivity index (χ1v) is 5.01. The molecule has 0 aromatic carbocycles. The van der Waals surface area contributed by atoms with Crippen molar-refractivity contribution in [3.05, 3.63) is 22.2 Å². The molecule has 1 aliphatic rings. The highest BCUT2D eigenvalue weighted by Gasteiger charge is 2.64. The molecule has 1 aromatic heterocycles. The van der Waals surface area contributed by atoms with Crippen molar-refractivity contribution in [1.29, 1.82) is 0 Å². The van der Waals surface area contributed by atoms with E-state index in [1.807, 2.05) is 0 Å². The number of rotatable bonds is 3. The van der Waals surface area contributed by atoms with E-state index < -0.39 is 28.1 Å². The number of hydrogen-bond acceptors (Lipinski definition) is 5. The van der Waals surface area contributed by atoms with Crippen LogP contribution in [0, 0.1) is 10.1 Å². The lowest BCUT2D eigenvalue weighted by atomic mass is 10.2. The Labute approximate surface area is 99.1 Å². The van der Waals surface area contributed by atoms with E-state index in [9.17, 15) is 23.3 Å². The fraction of sp³-hybridized carbons (Fsp3) is 0.444. The van der Waals surface area contributed by atoms with E-state index in [1.54, 1.807) is 0 Å². The van der Waals surface area contributed by atoms with E-state index in [1.165, 1.54) is 0 Å². The van der Waals surface area contributed by atoms with Crippen LogP contribution in [-0.4, -0.2) is 21.6 Å². The molecule has 6 nitrogen and oxygen atoms in total. The zero-order chi connectivity index (χ0) is 13.6. The molecule has 0 bridgehead atoms. The summed E-state index contributed by atoms with van der Waals surface area (Å²) in [4.78, 5) is 13.4. The van der Waals surface area contributed by atoms with Crippen LogP contribution in [0.1, 0.15) is 12.8 Å². The number of hydrogen-bond donors (Lipinski definition) is 2. The summed E-state index contributed by atoms with van der Waals surface area (Å²) in [6.07, 6.45) is -4.75. The van der Waals surface area contributed by atoms with Gasteiger partial charge in [-0.25, -0.2) is 4.98 Å². The maximum Gasteiger partial charge on any atom is 0.411 e. The average molecular weight is 262 g/mol. The molecule has 1 saturated carbocycles. The number of aromatic nitrogens is 1. The number of alkyl halides is 3. The Kier molecular flexibility index (Phi) is 2.56. The van der Waals surface area contributed by atoms with Gasteiger partial charge in [0.25, 0.3) is 0 Å². The van der Waals surface area contributed by atoms with Gasteiger partial charge in [0, 0.05) is 6.07 Å². The van der Waals surface area contributed by atoms with Crippen molar-refractivity contribution in [3.63, 3.8) is 0 Å². The van der Waals surface area contributed by atoms with Gasteiger partial charge >= 0.3 is 11.9 Å². The SMILES string of the molecule is Nc1ccc([N+](=O)[O-])c(NC2(C(F)(F)F)CC2)n1. The summed E-state index contributed by atoms with van der Waals surface area (Å²) in [6, 6.07) is 2.19. The molecule has 9 heteroatoms. The number of halogens is 3. The second-order valence-electron chi connectivity index (χ2n) is 4.07. The molecule has 0 saturated heterocycles. The van der Waals surface area contributed by atoms with Crippen molar-refractivity contribution in [1.82, 2.24) is 4.98 Å². The molecule has 1 aromatic rings. The third kappa shape index (κ3) is 2.03. The predicted molar refractivity (Wildman–Crippen MR) is 56.9 cm³/mol. The van der Waals surface area contributed by atoms with Gasteiger partial charge in [0.2, 0.25) is 5.82 Å². The Morgan fingerprint density at radius 1 is 1.44 bits per heavy atom. The summed E-state index contributed by atoms with van der Waals surface area (Å²) < 4.78 is 38.2. The first kappa shape index (κ1) is 12.4. The second-order valence-corrected chi connectivity index (χ2v) is 4.07. The highest BCUT2D eigenvalue weighted by atomic mass is 19.4. The molecule has 0 amide bonds. The van der Waals surface area contributed by atoms with Crippen LogP contribution in [0.15, 0.2) is 12.1 Å². The van der Waals surface area contributed by atoms with Crippen molar-refractivity contribution in [2.24, 2.45) is 0 Å². The van der Waals surface area contributed by atoms with Crippen LogP contribution >= 0.6 is 0 Å². The molecule has 0 unspecified atom stereocenters. The van der Waals surface area contributed by atoms with Gasteiger partial charge in [0.15, 0.2) is 0 Å². The van der Waals surface area contributed by atoms with Crippen molar-refractivity contribution in [2.45, 2.75) is 24.6 Å². The van der Waals surface area contributed by atoms with Gasteiger partial charge in [-0.3, -0.25) is 10.1 Å². The molecule has 0 atom stereocenters. The van der Waals surface area contributed by atoms with Gasteiger partial charge in [0.05, 0.1) is 4.92 Å². The van der Waals surface area contributed by atoms with Gasteiger partial charge in [-0.1, -0.05) is 0 Å². The van der Waals surface area contributed by atoms with Gasteiger partial charge in [-0.2, -0.15) is 13.2 Å². The monoisotopic (exact) mass is 262 g/mol. The van der Waals surface area contributed by atoms with Gasteiger partial charge in [-0.15, -0.1) is 0 Å². The number of anilines is 2. The van der Waals surface area contributed by atoms with E-state index in [4.69, 9.17) is 5.73 Å². The van der Waals surface area contributed by atoms with Crippen LogP contribution in [-0.2, 0) is 0 Å². The number of pyridine rings is 1. The summed E-state index contributed by atoms with van der Waals surface area (Å²) >= 11 is 0. The van der Waals surface area contributed by atoms with Crippen LogP contribution in [0.25, 0.3) is 0 Å². The minimum atomic E-state index is -4.48. The molecule has 3 N–H and O–H groups in total. The normalized spacial score (nSPS) is 17.3. The maximum absolute atomic E-state index is 12.7. The maximum atomic E-state index is 12.7. The van der Waals surface area contributed by atoms with E-state index in [0.717, 1.165) is 12.1 Å². The number of nitrogen functional groups attached to an aromatic ring is 1. The highest BCUT2D eigenvalue weighted by Crippen LogP contribution is 2.51. The summed E-state index contributed by atoms with van der Waals surface area (Å²) in [5, 5.41) is 12.8. The molecule has 0 spiro atoms. The van der Waals surface area contributed by atoms with Gasteiger partial charge < -0.3 is 11.1 Å². The Bertz CT molecular complexity index is 499. The Morgan fingerprint density at radius 3 is 2.50 bits per heavy atom. The molecular formula is C9H9F3N4O2.